The third-order valence-electron chi connectivity index (χ3n) is 3.52. The fourth-order valence-corrected chi connectivity index (χ4v) is 2.31. The van der Waals surface area contributed by atoms with Gasteiger partial charge in [-0.25, -0.2) is 0 Å². The van der Waals surface area contributed by atoms with Crippen LogP contribution >= 0.6 is 0 Å². The van der Waals surface area contributed by atoms with Crippen molar-refractivity contribution >= 4 is 0 Å². The number of hydrogen-bond donors (Lipinski definition) is 1. The van der Waals surface area contributed by atoms with Crippen LogP contribution in [0.3, 0.4) is 0 Å². The Bertz CT molecular complexity index is 338. The van der Waals surface area contributed by atoms with Gasteiger partial charge in [-0.1, -0.05) is 18.0 Å². The summed E-state index contributed by atoms with van der Waals surface area (Å²) in [5.41, 5.74) is 0. The van der Waals surface area contributed by atoms with E-state index in [-0.39, 0.29) is 0 Å². The molecule has 0 aromatic carbocycles. The van der Waals surface area contributed by atoms with Gasteiger partial charge in [0.15, 0.2) is 5.82 Å². The Morgan fingerprint density at radius 1 is 1.19 bits per heavy atom. The van der Waals surface area contributed by atoms with Gasteiger partial charge in [0.1, 0.15) is 0 Å². The molecule has 0 radical (unpaired) electrons. The second kappa shape index (κ2) is 4.53. The molecule has 88 valence electrons. The van der Waals surface area contributed by atoms with Gasteiger partial charge in [-0.15, -0.1) is 0 Å². The highest BCUT2D eigenvalue weighted by Crippen LogP contribution is 2.32. The van der Waals surface area contributed by atoms with Crippen LogP contribution in [-0.2, 0) is 6.42 Å². The van der Waals surface area contributed by atoms with Crippen molar-refractivity contribution in [2.75, 3.05) is 6.54 Å². The van der Waals surface area contributed by atoms with Gasteiger partial charge >= 0.3 is 0 Å². The molecule has 1 atom stereocenters. The lowest BCUT2D eigenvalue weighted by atomic mass is 10.1. The Kier molecular flexibility index (Phi) is 2.91. The summed E-state index contributed by atoms with van der Waals surface area (Å²) in [6.07, 6.45) is 8.64. The molecule has 2 heterocycles. The maximum atomic E-state index is 5.31. The van der Waals surface area contributed by atoms with Crippen LogP contribution in [-0.4, -0.2) is 16.7 Å². The third-order valence-corrected chi connectivity index (χ3v) is 3.52. The quantitative estimate of drug-likeness (QED) is 0.850. The molecule has 1 aromatic heterocycles. The van der Waals surface area contributed by atoms with Crippen molar-refractivity contribution in [2.45, 2.75) is 51.0 Å². The maximum absolute atomic E-state index is 5.31. The molecule has 2 fully saturated rings. The molecular weight excluding hydrogens is 202 g/mol. The number of rotatable bonds is 3. The van der Waals surface area contributed by atoms with Gasteiger partial charge in [0.2, 0.25) is 5.89 Å². The van der Waals surface area contributed by atoms with Gasteiger partial charge in [0, 0.05) is 6.42 Å². The first-order valence-electron chi connectivity index (χ1n) is 6.47. The summed E-state index contributed by atoms with van der Waals surface area (Å²) < 4.78 is 5.31. The second-order valence-corrected chi connectivity index (χ2v) is 5.05. The monoisotopic (exact) mass is 221 g/mol. The molecule has 16 heavy (non-hydrogen) atoms. The van der Waals surface area contributed by atoms with Crippen molar-refractivity contribution in [3.05, 3.63) is 11.7 Å². The van der Waals surface area contributed by atoms with Crippen LogP contribution in [0.4, 0.5) is 0 Å². The third kappa shape index (κ3) is 2.43. The van der Waals surface area contributed by atoms with Crippen LogP contribution in [0.15, 0.2) is 4.52 Å². The van der Waals surface area contributed by atoms with E-state index >= 15 is 0 Å². The fourth-order valence-electron chi connectivity index (χ4n) is 2.31. The number of nitrogens with one attached hydrogen (secondary N) is 1. The molecule has 1 N–H and O–H groups in total. The zero-order valence-corrected chi connectivity index (χ0v) is 9.61. The highest BCUT2D eigenvalue weighted by atomic mass is 16.5. The maximum Gasteiger partial charge on any atom is 0.226 e. The van der Waals surface area contributed by atoms with Gasteiger partial charge in [0.05, 0.1) is 6.04 Å². The van der Waals surface area contributed by atoms with E-state index in [0.717, 1.165) is 37.0 Å². The first-order valence-corrected chi connectivity index (χ1v) is 6.47. The number of nitrogens with zero attached hydrogens (tertiary/aromatic N) is 2. The van der Waals surface area contributed by atoms with E-state index in [9.17, 15) is 0 Å². The molecule has 4 nitrogen and oxygen atoms in total. The van der Waals surface area contributed by atoms with Gasteiger partial charge in [0.25, 0.3) is 0 Å². The summed E-state index contributed by atoms with van der Waals surface area (Å²) in [5, 5.41) is 7.61. The highest BCUT2D eigenvalue weighted by molar-refractivity contribution is 4.97. The molecule has 0 spiro atoms. The molecule has 1 saturated heterocycles. The molecule has 4 heteroatoms. The van der Waals surface area contributed by atoms with Gasteiger partial charge < -0.3 is 9.84 Å². The molecule has 0 bridgehead atoms. The van der Waals surface area contributed by atoms with E-state index in [1.54, 1.807) is 0 Å². The van der Waals surface area contributed by atoms with Crippen LogP contribution in [0.1, 0.15) is 56.3 Å². The lowest BCUT2D eigenvalue weighted by Crippen LogP contribution is -2.21. The summed E-state index contributed by atoms with van der Waals surface area (Å²) in [4.78, 5) is 4.52. The average Bonchev–Trinajstić information content (AvgIpc) is 3.03. The Hall–Kier alpha value is -0.900. The highest BCUT2D eigenvalue weighted by Gasteiger charge is 2.26. The molecule has 2 aliphatic rings. The fraction of sp³-hybridized carbons (Fsp3) is 0.833. The standard InChI is InChI=1S/C12H19N3O/c1-2-4-10(13-7-3-1)12-14-11(16-15-12)8-9-5-6-9/h9-10,13H,1-8H2. The van der Waals surface area contributed by atoms with Crippen LogP contribution in [0.25, 0.3) is 0 Å². The molecule has 1 unspecified atom stereocenters. The van der Waals surface area contributed by atoms with Gasteiger partial charge in [-0.2, -0.15) is 4.98 Å². The van der Waals surface area contributed by atoms with Crippen LogP contribution in [0.5, 0.6) is 0 Å². The molecular formula is C12H19N3O. The van der Waals surface area contributed by atoms with Crippen molar-refractivity contribution in [3.63, 3.8) is 0 Å². The van der Waals surface area contributed by atoms with E-state index in [1.807, 2.05) is 0 Å². The Morgan fingerprint density at radius 2 is 2.12 bits per heavy atom. The van der Waals surface area contributed by atoms with E-state index in [1.165, 1.54) is 32.1 Å². The van der Waals surface area contributed by atoms with Crippen LogP contribution < -0.4 is 5.32 Å². The topological polar surface area (TPSA) is 51.0 Å². The van der Waals surface area contributed by atoms with E-state index in [2.05, 4.69) is 15.5 Å². The number of aromatic nitrogens is 2. The zero-order chi connectivity index (χ0) is 10.8. The van der Waals surface area contributed by atoms with Gasteiger partial charge in [-0.05, 0) is 38.1 Å². The first-order chi connectivity index (χ1) is 7.92. The van der Waals surface area contributed by atoms with Crippen molar-refractivity contribution in [3.8, 4) is 0 Å². The van der Waals surface area contributed by atoms with Crippen LogP contribution in [0.2, 0.25) is 0 Å². The first kappa shape index (κ1) is 10.3. The van der Waals surface area contributed by atoms with Crippen molar-refractivity contribution < 1.29 is 4.52 Å². The van der Waals surface area contributed by atoms with E-state index in [0.29, 0.717) is 6.04 Å². The summed E-state index contributed by atoms with van der Waals surface area (Å²) in [5.74, 6) is 2.52. The van der Waals surface area contributed by atoms with Gasteiger partial charge in [-0.3, -0.25) is 0 Å². The zero-order valence-electron chi connectivity index (χ0n) is 9.61. The minimum absolute atomic E-state index is 0.319. The average molecular weight is 221 g/mol. The predicted molar refractivity (Wildman–Crippen MR) is 59.9 cm³/mol. The molecule has 1 aromatic rings. The Balaban J connectivity index is 1.64. The number of hydrogen-bond acceptors (Lipinski definition) is 4. The van der Waals surface area contributed by atoms with Crippen molar-refractivity contribution in [1.82, 2.24) is 15.5 Å². The summed E-state index contributed by atoms with van der Waals surface area (Å²) in [7, 11) is 0. The second-order valence-electron chi connectivity index (χ2n) is 5.05. The molecule has 1 aliphatic carbocycles. The predicted octanol–water partition coefficient (Wildman–Crippen LogP) is 2.23. The SMILES string of the molecule is C1CCNC(c2noc(CC3CC3)n2)CC1. The lowest BCUT2D eigenvalue weighted by molar-refractivity contribution is 0.359. The summed E-state index contributed by atoms with van der Waals surface area (Å²) in [6.45, 7) is 1.08. The summed E-state index contributed by atoms with van der Waals surface area (Å²) >= 11 is 0. The molecule has 1 saturated carbocycles. The largest absolute Gasteiger partial charge is 0.339 e. The minimum atomic E-state index is 0.319. The summed E-state index contributed by atoms with van der Waals surface area (Å²) in [6, 6.07) is 0.319. The molecule has 3 rings (SSSR count). The Morgan fingerprint density at radius 3 is 3.00 bits per heavy atom. The smallest absolute Gasteiger partial charge is 0.226 e. The molecule has 1 aliphatic heterocycles. The van der Waals surface area contributed by atoms with Crippen molar-refractivity contribution in [1.29, 1.82) is 0 Å². The van der Waals surface area contributed by atoms with E-state index < -0.39 is 0 Å². The van der Waals surface area contributed by atoms with Crippen molar-refractivity contribution in [2.24, 2.45) is 5.92 Å². The van der Waals surface area contributed by atoms with E-state index in [4.69, 9.17) is 4.52 Å². The normalized spacial score (nSPS) is 26.6. The Labute approximate surface area is 95.8 Å². The minimum Gasteiger partial charge on any atom is -0.339 e. The van der Waals surface area contributed by atoms with Crippen LogP contribution in [0, 0.1) is 5.92 Å². The lowest BCUT2D eigenvalue weighted by Gasteiger charge is -2.09. The molecule has 0 amide bonds.